The molecule has 114 valence electrons. The first-order valence-corrected chi connectivity index (χ1v) is 6.74. The predicted octanol–water partition coefficient (Wildman–Crippen LogP) is 3.12. The van der Waals surface area contributed by atoms with Crippen LogP contribution in [0.1, 0.15) is 19.8 Å². The van der Waals surface area contributed by atoms with Crippen molar-refractivity contribution in [1.82, 2.24) is 9.78 Å². The fourth-order valence-electron chi connectivity index (χ4n) is 1.35. The van der Waals surface area contributed by atoms with E-state index in [1.807, 2.05) is 6.92 Å². The van der Waals surface area contributed by atoms with Gasteiger partial charge in [-0.3, -0.25) is 4.79 Å². The summed E-state index contributed by atoms with van der Waals surface area (Å²) >= 11 is 2.96. The van der Waals surface area contributed by atoms with Crippen LogP contribution in [-0.2, 0) is 6.54 Å². The van der Waals surface area contributed by atoms with Crippen molar-refractivity contribution < 1.29 is 17.6 Å². The molecule has 0 aliphatic heterocycles. The van der Waals surface area contributed by atoms with Crippen LogP contribution >= 0.6 is 15.9 Å². The second-order valence-corrected chi connectivity index (χ2v) is 4.96. The lowest BCUT2D eigenvalue weighted by Gasteiger charge is -2.17. The zero-order chi connectivity index (χ0) is 15.3. The zero-order valence-corrected chi connectivity index (χ0v) is 12.3. The maximum Gasteiger partial charge on any atom is 0.324 e. The minimum Gasteiger partial charge on any atom is -0.376 e. The number of rotatable bonds is 7. The molecule has 0 aromatic carbocycles. The lowest BCUT2D eigenvalue weighted by atomic mass is 10.3. The van der Waals surface area contributed by atoms with Crippen LogP contribution in [0.25, 0.3) is 0 Å². The van der Waals surface area contributed by atoms with Gasteiger partial charge >= 0.3 is 12.3 Å². The van der Waals surface area contributed by atoms with Gasteiger partial charge in [-0.15, -0.1) is 0 Å². The number of hydrogen-bond donors (Lipinski definition) is 1. The van der Waals surface area contributed by atoms with Gasteiger partial charge in [0, 0.05) is 6.54 Å². The zero-order valence-electron chi connectivity index (χ0n) is 10.7. The average molecular weight is 360 g/mol. The van der Waals surface area contributed by atoms with Crippen LogP contribution < -0.4 is 10.9 Å². The Balaban J connectivity index is 2.83. The number of nitrogens with one attached hydrogen (secondary N) is 1. The van der Waals surface area contributed by atoms with Gasteiger partial charge in [0.2, 0.25) is 0 Å². The van der Waals surface area contributed by atoms with Crippen molar-refractivity contribution >= 4 is 21.6 Å². The third-order valence-corrected chi connectivity index (χ3v) is 3.31. The molecule has 1 aromatic rings. The second-order valence-electron chi connectivity index (χ2n) is 4.17. The van der Waals surface area contributed by atoms with E-state index in [-0.39, 0.29) is 10.2 Å². The molecule has 4 nitrogen and oxygen atoms in total. The lowest BCUT2D eigenvalue weighted by molar-refractivity contribution is -0.117. The van der Waals surface area contributed by atoms with Crippen molar-refractivity contribution in [2.24, 2.45) is 0 Å². The van der Waals surface area contributed by atoms with Gasteiger partial charge in [0.15, 0.2) is 0 Å². The summed E-state index contributed by atoms with van der Waals surface area (Å²) in [5.74, 6) is -4.17. The number of hydrogen-bond acceptors (Lipinski definition) is 3. The van der Waals surface area contributed by atoms with Crippen LogP contribution in [0.5, 0.6) is 0 Å². The minimum absolute atomic E-state index is 0.00586. The Labute approximate surface area is 121 Å². The minimum atomic E-state index is -4.17. The van der Waals surface area contributed by atoms with E-state index in [4.69, 9.17) is 0 Å². The van der Waals surface area contributed by atoms with Crippen molar-refractivity contribution in [3.8, 4) is 0 Å². The Kier molecular flexibility index (Phi) is 5.97. The number of aryl methyl sites for hydroxylation is 1. The maximum absolute atomic E-state index is 12.8. The highest BCUT2D eigenvalue weighted by molar-refractivity contribution is 9.10. The highest BCUT2D eigenvalue weighted by atomic mass is 79.9. The normalized spacial score (nSPS) is 11.9. The van der Waals surface area contributed by atoms with Gasteiger partial charge in [0.05, 0.1) is 18.4 Å². The summed E-state index contributed by atoms with van der Waals surface area (Å²) in [6.45, 7) is 1.08. The Bertz CT molecular complexity index is 507. The molecule has 0 saturated heterocycles. The van der Waals surface area contributed by atoms with Gasteiger partial charge in [-0.05, 0) is 22.4 Å². The molecule has 9 heteroatoms. The number of nitrogens with zero attached hydrogens (tertiary/aromatic N) is 2. The summed E-state index contributed by atoms with van der Waals surface area (Å²) in [5, 5.41) is 5.91. The van der Waals surface area contributed by atoms with Crippen molar-refractivity contribution in [3.63, 3.8) is 0 Å². The van der Waals surface area contributed by atoms with Gasteiger partial charge in [-0.25, -0.2) is 13.5 Å². The molecule has 0 amide bonds. The van der Waals surface area contributed by atoms with E-state index < -0.39 is 24.5 Å². The molecule has 0 radical (unpaired) electrons. The molecule has 0 saturated carbocycles. The highest BCUT2D eigenvalue weighted by Gasteiger charge is 2.40. The number of aromatic nitrogens is 2. The fourth-order valence-corrected chi connectivity index (χ4v) is 1.79. The first-order chi connectivity index (χ1) is 9.29. The van der Waals surface area contributed by atoms with Gasteiger partial charge in [0.25, 0.3) is 5.56 Å². The van der Waals surface area contributed by atoms with Crippen LogP contribution in [0.4, 0.5) is 23.2 Å². The molecule has 0 aliphatic rings. The van der Waals surface area contributed by atoms with E-state index in [1.165, 1.54) is 4.68 Å². The topological polar surface area (TPSA) is 46.9 Å². The molecule has 1 rings (SSSR count). The van der Waals surface area contributed by atoms with Crippen LogP contribution in [-0.4, -0.2) is 28.7 Å². The molecule has 0 fully saturated rings. The van der Waals surface area contributed by atoms with Crippen molar-refractivity contribution in [1.29, 1.82) is 0 Å². The predicted molar refractivity (Wildman–Crippen MR) is 70.5 cm³/mol. The second kappa shape index (κ2) is 7.05. The Morgan fingerprint density at radius 1 is 1.50 bits per heavy atom. The van der Waals surface area contributed by atoms with Crippen molar-refractivity contribution in [3.05, 3.63) is 21.0 Å². The van der Waals surface area contributed by atoms with Crippen LogP contribution in [0, 0.1) is 0 Å². The maximum atomic E-state index is 12.8. The monoisotopic (exact) mass is 359 g/mol. The molecule has 1 N–H and O–H groups in total. The first kappa shape index (κ1) is 16.9. The van der Waals surface area contributed by atoms with E-state index in [1.54, 1.807) is 0 Å². The van der Waals surface area contributed by atoms with E-state index in [2.05, 4.69) is 26.3 Å². The van der Waals surface area contributed by atoms with Crippen LogP contribution in [0.15, 0.2) is 15.5 Å². The standard InChI is InChI=1S/C11H14BrF4N3O/c1-2-3-4-19-9(20)8(12)7(5-18-19)17-6-11(15,16)10(13)14/h5,10,17H,2-4,6H2,1H3. The van der Waals surface area contributed by atoms with Gasteiger partial charge in [-0.1, -0.05) is 13.3 Å². The Morgan fingerprint density at radius 2 is 2.15 bits per heavy atom. The molecule has 0 spiro atoms. The summed E-state index contributed by atoms with van der Waals surface area (Å²) in [7, 11) is 0. The van der Waals surface area contributed by atoms with Crippen molar-refractivity contribution in [2.75, 3.05) is 11.9 Å². The SMILES string of the molecule is CCCCn1ncc(NCC(F)(F)C(F)F)c(Br)c1=O. The van der Waals surface area contributed by atoms with Gasteiger partial charge in [0.1, 0.15) is 4.47 Å². The third kappa shape index (κ3) is 4.19. The fraction of sp³-hybridized carbons (Fsp3) is 0.636. The molecular weight excluding hydrogens is 346 g/mol. The number of alkyl halides is 4. The largest absolute Gasteiger partial charge is 0.376 e. The summed E-state index contributed by atoms with van der Waals surface area (Å²) in [4.78, 5) is 11.8. The summed E-state index contributed by atoms with van der Waals surface area (Å²) in [6.07, 6.45) is -1.00. The highest BCUT2D eigenvalue weighted by Crippen LogP contribution is 2.24. The number of unbranched alkanes of at least 4 members (excludes halogenated alkanes) is 1. The number of anilines is 1. The van der Waals surface area contributed by atoms with E-state index in [0.29, 0.717) is 6.54 Å². The molecule has 1 heterocycles. The van der Waals surface area contributed by atoms with Crippen molar-refractivity contribution in [2.45, 2.75) is 38.7 Å². The molecule has 0 aliphatic carbocycles. The molecule has 1 aromatic heterocycles. The summed E-state index contributed by atoms with van der Waals surface area (Å²) in [6, 6.07) is 0. The molecular formula is C11H14BrF4N3O. The van der Waals surface area contributed by atoms with Crippen LogP contribution in [0.3, 0.4) is 0 Å². The lowest BCUT2D eigenvalue weighted by Crippen LogP contribution is -2.35. The quantitative estimate of drug-likeness (QED) is 0.761. The van der Waals surface area contributed by atoms with E-state index in [0.717, 1.165) is 19.0 Å². The Morgan fingerprint density at radius 3 is 2.70 bits per heavy atom. The average Bonchev–Trinajstić information content (AvgIpc) is 2.39. The molecule has 0 atom stereocenters. The van der Waals surface area contributed by atoms with E-state index in [9.17, 15) is 22.4 Å². The third-order valence-electron chi connectivity index (χ3n) is 2.54. The van der Waals surface area contributed by atoms with E-state index >= 15 is 0 Å². The molecule has 20 heavy (non-hydrogen) atoms. The number of halogens is 5. The summed E-state index contributed by atoms with van der Waals surface area (Å²) in [5.41, 5.74) is -0.535. The van der Waals surface area contributed by atoms with Gasteiger partial charge in [-0.2, -0.15) is 13.9 Å². The first-order valence-electron chi connectivity index (χ1n) is 5.95. The smallest absolute Gasteiger partial charge is 0.324 e. The van der Waals surface area contributed by atoms with Crippen LogP contribution in [0.2, 0.25) is 0 Å². The summed E-state index contributed by atoms with van der Waals surface area (Å²) < 4.78 is 50.8. The van der Waals surface area contributed by atoms with Gasteiger partial charge < -0.3 is 5.32 Å². The Hall–Kier alpha value is -1.12. The molecule has 0 bridgehead atoms. The molecule has 0 unspecified atom stereocenters.